The molecule has 0 radical (unpaired) electrons. The Balaban J connectivity index is 1.71. The quantitative estimate of drug-likeness (QED) is 0.653. The Kier molecular flexibility index (Phi) is 6.25. The maximum Gasteiger partial charge on any atom is 0.416 e. The predicted octanol–water partition coefficient (Wildman–Crippen LogP) is 4.17. The standard InChI is InChI=1S/C20H21F3N2O4S/c1-2-24-19(26)25(16-8-9-16)13-14-6-10-17(11-7-14)29-30(27,28)18-5-3-4-15(12-18)20(21,22)23/h3-7,10-12,16H,2,8-9,13H2,1H3,(H,24,26). The number of nitrogens with zero attached hydrogens (tertiary/aromatic N) is 1. The molecule has 2 aromatic carbocycles. The third-order valence-corrected chi connectivity index (χ3v) is 5.75. The van der Waals surface area contributed by atoms with Gasteiger partial charge in [0.25, 0.3) is 0 Å². The Hall–Kier alpha value is -2.75. The van der Waals surface area contributed by atoms with Crippen LogP contribution >= 0.6 is 0 Å². The van der Waals surface area contributed by atoms with Crippen molar-refractivity contribution in [2.45, 2.75) is 43.4 Å². The Bertz CT molecular complexity index is 1000. The van der Waals surface area contributed by atoms with Gasteiger partial charge in [-0.15, -0.1) is 0 Å². The summed E-state index contributed by atoms with van der Waals surface area (Å²) in [5.74, 6) is -0.0351. The summed E-state index contributed by atoms with van der Waals surface area (Å²) in [4.78, 5) is 13.3. The summed E-state index contributed by atoms with van der Waals surface area (Å²) in [5, 5.41) is 2.77. The summed E-state index contributed by atoms with van der Waals surface area (Å²) < 4.78 is 68.2. The monoisotopic (exact) mass is 442 g/mol. The number of urea groups is 1. The normalized spacial score (nSPS) is 14.3. The van der Waals surface area contributed by atoms with Crippen molar-refractivity contribution in [1.29, 1.82) is 0 Å². The number of rotatable bonds is 7. The van der Waals surface area contributed by atoms with Crippen LogP contribution in [0.15, 0.2) is 53.4 Å². The number of nitrogens with one attached hydrogen (secondary N) is 1. The van der Waals surface area contributed by atoms with Gasteiger partial charge in [0.05, 0.1) is 5.56 Å². The van der Waals surface area contributed by atoms with Crippen LogP contribution < -0.4 is 9.50 Å². The van der Waals surface area contributed by atoms with Crippen molar-refractivity contribution >= 4 is 16.1 Å². The lowest BCUT2D eigenvalue weighted by Gasteiger charge is -2.22. The van der Waals surface area contributed by atoms with Gasteiger partial charge in [-0.1, -0.05) is 18.2 Å². The van der Waals surface area contributed by atoms with Crippen LogP contribution in [0, 0.1) is 0 Å². The second kappa shape index (κ2) is 8.55. The summed E-state index contributed by atoms with van der Waals surface area (Å²) in [6.45, 7) is 2.71. The second-order valence-corrected chi connectivity index (χ2v) is 8.45. The van der Waals surface area contributed by atoms with Crippen molar-refractivity contribution in [2.24, 2.45) is 0 Å². The van der Waals surface area contributed by atoms with Gasteiger partial charge in [0.2, 0.25) is 0 Å². The van der Waals surface area contributed by atoms with Gasteiger partial charge >= 0.3 is 22.3 Å². The summed E-state index contributed by atoms with van der Waals surface area (Å²) in [6, 6.07) is 9.44. The molecule has 0 atom stereocenters. The maximum absolute atomic E-state index is 12.8. The average molecular weight is 442 g/mol. The van der Waals surface area contributed by atoms with E-state index in [0.717, 1.165) is 36.6 Å². The molecule has 1 aliphatic rings. The van der Waals surface area contributed by atoms with Crippen molar-refractivity contribution in [1.82, 2.24) is 10.2 Å². The van der Waals surface area contributed by atoms with Gasteiger partial charge in [-0.25, -0.2) is 4.79 Å². The van der Waals surface area contributed by atoms with Gasteiger partial charge < -0.3 is 14.4 Å². The molecule has 0 unspecified atom stereocenters. The minimum atomic E-state index is -4.66. The lowest BCUT2D eigenvalue weighted by molar-refractivity contribution is -0.137. The highest BCUT2D eigenvalue weighted by Gasteiger charge is 2.33. The highest BCUT2D eigenvalue weighted by molar-refractivity contribution is 7.87. The SMILES string of the molecule is CCNC(=O)N(Cc1ccc(OS(=O)(=O)c2cccc(C(F)(F)F)c2)cc1)C1CC1. The summed E-state index contributed by atoms with van der Waals surface area (Å²) in [5.41, 5.74) is -0.301. The van der Waals surface area contributed by atoms with E-state index >= 15 is 0 Å². The molecular formula is C20H21F3N2O4S. The molecule has 0 aliphatic heterocycles. The van der Waals surface area contributed by atoms with E-state index < -0.39 is 26.8 Å². The zero-order valence-corrected chi connectivity index (χ0v) is 17.0. The highest BCUT2D eigenvalue weighted by Crippen LogP contribution is 2.31. The molecule has 1 saturated carbocycles. The van der Waals surface area contributed by atoms with Crippen LogP contribution in [0.25, 0.3) is 0 Å². The van der Waals surface area contributed by atoms with Gasteiger partial charge in [-0.2, -0.15) is 21.6 Å². The Labute approximate surface area is 172 Å². The molecule has 0 saturated heterocycles. The number of alkyl halides is 3. The molecule has 6 nitrogen and oxygen atoms in total. The number of carbonyl (C=O) groups is 1. The van der Waals surface area contributed by atoms with Crippen molar-refractivity contribution < 1.29 is 30.6 Å². The highest BCUT2D eigenvalue weighted by atomic mass is 32.2. The topological polar surface area (TPSA) is 75.7 Å². The maximum atomic E-state index is 12.8. The molecule has 30 heavy (non-hydrogen) atoms. The van der Waals surface area contributed by atoms with E-state index in [1.54, 1.807) is 17.0 Å². The van der Waals surface area contributed by atoms with Crippen LogP contribution in [-0.2, 0) is 22.8 Å². The lowest BCUT2D eigenvalue weighted by Crippen LogP contribution is -2.40. The minimum Gasteiger partial charge on any atom is -0.379 e. The molecule has 0 aromatic heterocycles. The van der Waals surface area contributed by atoms with Crippen molar-refractivity contribution in [3.63, 3.8) is 0 Å². The van der Waals surface area contributed by atoms with Gasteiger partial charge in [-0.05, 0) is 55.7 Å². The van der Waals surface area contributed by atoms with Gasteiger partial charge in [-0.3, -0.25) is 0 Å². The fourth-order valence-electron chi connectivity index (χ4n) is 2.86. The third-order valence-electron chi connectivity index (χ3n) is 4.51. The third kappa shape index (κ3) is 5.44. The molecule has 1 aliphatic carbocycles. The Morgan fingerprint density at radius 3 is 2.40 bits per heavy atom. The second-order valence-electron chi connectivity index (χ2n) is 6.90. The van der Waals surface area contributed by atoms with Crippen LogP contribution in [0.5, 0.6) is 5.75 Å². The van der Waals surface area contributed by atoms with Gasteiger partial charge in [0.15, 0.2) is 0 Å². The van der Waals surface area contributed by atoms with Crippen LogP contribution in [0.1, 0.15) is 30.9 Å². The summed E-state index contributed by atoms with van der Waals surface area (Å²) >= 11 is 0. The fraction of sp³-hybridized carbons (Fsp3) is 0.350. The van der Waals surface area contributed by atoms with E-state index in [4.69, 9.17) is 4.18 Å². The predicted molar refractivity (Wildman–Crippen MR) is 103 cm³/mol. The van der Waals surface area contributed by atoms with E-state index in [0.29, 0.717) is 19.2 Å². The van der Waals surface area contributed by atoms with Crippen molar-refractivity contribution in [2.75, 3.05) is 6.54 Å². The number of halogens is 3. The van der Waals surface area contributed by atoms with Gasteiger partial charge in [0.1, 0.15) is 10.6 Å². The molecule has 2 aromatic rings. The molecule has 0 heterocycles. The number of benzene rings is 2. The van der Waals surface area contributed by atoms with E-state index in [2.05, 4.69) is 5.32 Å². The Morgan fingerprint density at radius 1 is 1.17 bits per heavy atom. The first-order valence-corrected chi connectivity index (χ1v) is 10.8. The van der Waals surface area contributed by atoms with Gasteiger partial charge in [0, 0.05) is 19.1 Å². The molecule has 0 spiro atoms. The first kappa shape index (κ1) is 21.9. The van der Waals surface area contributed by atoms with E-state index in [1.165, 1.54) is 12.1 Å². The molecule has 1 fully saturated rings. The van der Waals surface area contributed by atoms with Crippen LogP contribution in [0.4, 0.5) is 18.0 Å². The fourth-order valence-corrected chi connectivity index (χ4v) is 3.83. The minimum absolute atomic E-state index is 0.0351. The average Bonchev–Trinajstić information content (AvgIpc) is 3.52. The number of amides is 2. The molecule has 10 heteroatoms. The van der Waals surface area contributed by atoms with Crippen molar-refractivity contribution in [3.8, 4) is 5.75 Å². The molecule has 3 rings (SSSR count). The largest absolute Gasteiger partial charge is 0.416 e. The molecular weight excluding hydrogens is 421 g/mol. The van der Waals surface area contributed by atoms with E-state index in [9.17, 15) is 26.4 Å². The zero-order chi connectivity index (χ0) is 21.9. The smallest absolute Gasteiger partial charge is 0.379 e. The van der Waals surface area contributed by atoms with E-state index in [-0.39, 0.29) is 17.8 Å². The Morgan fingerprint density at radius 2 is 1.83 bits per heavy atom. The molecule has 162 valence electrons. The van der Waals surface area contributed by atoms with Crippen molar-refractivity contribution in [3.05, 3.63) is 59.7 Å². The molecule has 0 bridgehead atoms. The summed E-state index contributed by atoms with van der Waals surface area (Å²) in [6.07, 6.45) is -2.79. The van der Waals surface area contributed by atoms with E-state index in [1.807, 2.05) is 6.92 Å². The zero-order valence-electron chi connectivity index (χ0n) is 16.1. The van der Waals surface area contributed by atoms with Crippen LogP contribution in [-0.4, -0.2) is 31.9 Å². The number of carbonyl (C=O) groups excluding carboxylic acids is 1. The van der Waals surface area contributed by atoms with Crippen LogP contribution in [0.2, 0.25) is 0 Å². The lowest BCUT2D eigenvalue weighted by atomic mass is 10.2. The summed E-state index contributed by atoms with van der Waals surface area (Å²) in [7, 11) is -4.43. The first-order chi connectivity index (χ1) is 14.1. The molecule has 1 N–H and O–H groups in total. The number of hydrogen-bond donors (Lipinski definition) is 1. The first-order valence-electron chi connectivity index (χ1n) is 9.35. The van der Waals surface area contributed by atoms with Crippen LogP contribution in [0.3, 0.4) is 0 Å². The molecule has 2 amide bonds. The number of hydrogen-bond acceptors (Lipinski definition) is 4.